The maximum atomic E-state index is 6.06. The first kappa shape index (κ1) is 18.8. The molecule has 0 amide bonds. The Bertz CT molecular complexity index is 902. The van der Waals surface area contributed by atoms with Gasteiger partial charge >= 0.3 is 0 Å². The van der Waals surface area contributed by atoms with Crippen molar-refractivity contribution < 1.29 is 4.42 Å². The highest BCUT2D eigenvalue weighted by molar-refractivity contribution is 5.43. The molecule has 1 aliphatic rings. The van der Waals surface area contributed by atoms with Crippen LogP contribution in [0.3, 0.4) is 0 Å². The van der Waals surface area contributed by atoms with Crippen molar-refractivity contribution in [1.29, 1.82) is 0 Å². The van der Waals surface area contributed by atoms with Crippen LogP contribution >= 0.6 is 0 Å². The number of aromatic nitrogens is 3. The van der Waals surface area contributed by atoms with Gasteiger partial charge in [-0.3, -0.25) is 4.98 Å². The average molecular weight is 377 g/mol. The Kier molecular flexibility index (Phi) is 5.53. The Balaban J connectivity index is 1.83. The Hall–Kier alpha value is -2.53. The zero-order valence-electron chi connectivity index (χ0n) is 16.8. The van der Waals surface area contributed by atoms with Crippen molar-refractivity contribution in [3.63, 3.8) is 0 Å². The first-order valence-corrected chi connectivity index (χ1v) is 10.2. The number of nitrogens with zero attached hydrogens (tertiary/aromatic N) is 4. The molecule has 0 spiro atoms. The van der Waals surface area contributed by atoms with E-state index in [0.29, 0.717) is 11.8 Å². The number of piperidine rings is 1. The van der Waals surface area contributed by atoms with Gasteiger partial charge in [0, 0.05) is 13.1 Å². The lowest BCUT2D eigenvalue weighted by Crippen LogP contribution is -2.38. The van der Waals surface area contributed by atoms with Crippen LogP contribution in [-0.2, 0) is 5.41 Å². The third-order valence-corrected chi connectivity index (χ3v) is 5.76. The molecule has 1 atom stereocenters. The van der Waals surface area contributed by atoms with Crippen LogP contribution in [0, 0.1) is 13.8 Å². The molecule has 5 heteroatoms. The fourth-order valence-electron chi connectivity index (χ4n) is 4.26. The van der Waals surface area contributed by atoms with Gasteiger partial charge in [-0.2, -0.15) is 0 Å². The lowest BCUT2D eigenvalue weighted by Gasteiger charge is -2.34. The maximum Gasteiger partial charge on any atom is 0.233 e. The predicted octanol–water partition coefficient (Wildman–Crippen LogP) is 4.29. The molecule has 3 aromatic rings. The molecule has 0 saturated carbocycles. The van der Waals surface area contributed by atoms with Crippen molar-refractivity contribution in [2.45, 2.75) is 44.9 Å². The highest BCUT2D eigenvalue weighted by atomic mass is 16.4. The number of likely N-dealkylation sites (tertiary alicyclic amines) is 1. The first-order chi connectivity index (χ1) is 13.7. The minimum atomic E-state index is -0.550. The fourth-order valence-corrected chi connectivity index (χ4v) is 4.26. The van der Waals surface area contributed by atoms with Crippen molar-refractivity contribution in [3.8, 4) is 0 Å². The Labute approximate surface area is 166 Å². The summed E-state index contributed by atoms with van der Waals surface area (Å²) in [5.41, 5.74) is 2.78. The van der Waals surface area contributed by atoms with E-state index in [9.17, 15) is 0 Å². The van der Waals surface area contributed by atoms with Crippen molar-refractivity contribution in [3.05, 3.63) is 77.3 Å². The van der Waals surface area contributed by atoms with Gasteiger partial charge in [0.25, 0.3) is 0 Å². The quantitative estimate of drug-likeness (QED) is 0.642. The van der Waals surface area contributed by atoms with Crippen LogP contribution in [0.15, 0.2) is 53.1 Å². The van der Waals surface area contributed by atoms with Crippen LogP contribution < -0.4 is 0 Å². The lowest BCUT2D eigenvalue weighted by molar-refractivity contribution is 0.209. The Morgan fingerprint density at radius 3 is 2.54 bits per heavy atom. The number of hydrogen-bond donors (Lipinski definition) is 0. The summed E-state index contributed by atoms with van der Waals surface area (Å²) in [5, 5.41) is 8.65. The highest BCUT2D eigenvalue weighted by Crippen LogP contribution is 2.41. The second-order valence-corrected chi connectivity index (χ2v) is 7.77. The summed E-state index contributed by atoms with van der Waals surface area (Å²) in [6.07, 6.45) is 6.60. The molecule has 1 saturated heterocycles. The third-order valence-electron chi connectivity index (χ3n) is 5.76. The molecule has 5 nitrogen and oxygen atoms in total. The molecule has 0 aliphatic carbocycles. The minimum absolute atomic E-state index is 0.550. The topological polar surface area (TPSA) is 55.1 Å². The van der Waals surface area contributed by atoms with Crippen LogP contribution in [0.1, 0.15) is 54.3 Å². The standard InChI is InChI=1S/C23H28N4O/c1-18-9-8-10-20(17-18)23(21-11-4-5-13-24-21,22-26-25-19(2)28-22)12-16-27-14-6-3-7-15-27/h4-5,8-11,13,17H,3,6-7,12,14-16H2,1-2H3. The van der Waals surface area contributed by atoms with Gasteiger partial charge in [0.2, 0.25) is 11.8 Å². The zero-order chi connectivity index (χ0) is 19.4. The monoisotopic (exact) mass is 376 g/mol. The molecule has 0 bridgehead atoms. The van der Waals surface area contributed by atoms with Crippen LogP contribution in [0.2, 0.25) is 0 Å². The second kappa shape index (κ2) is 8.23. The molecule has 1 fully saturated rings. The van der Waals surface area contributed by atoms with E-state index in [4.69, 9.17) is 9.40 Å². The Morgan fingerprint density at radius 2 is 1.86 bits per heavy atom. The average Bonchev–Trinajstić information content (AvgIpc) is 3.17. The van der Waals surface area contributed by atoms with Crippen LogP contribution in [0.4, 0.5) is 0 Å². The van der Waals surface area contributed by atoms with Gasteiger partial charge in [0.1, 0.15) is 5.41 Å². The third kappa shape index (κ3) is 3.72. The summed E-state index contributed by atoms with van der Waals surface area (Å²) < 4.78 is 6.06. The van der Waals surface area contributed by atoms with Crippen LogP contribution in [0.5, 0.6) is 0 Å². The van der Waals surface area contributed by atoms with E-state index in [1.807, 2.05) is 25.3 Å². The number of hydrogen-bond acceptors (Lipinski definition) is 5. The first-order valence-electron chi connectivity index (χ1n) is 10.2. The van der Waals surface area contributed by atoms with Gasteiger partial charge in [0.05, 0.1) is 5.69 Å². The normalized spacial score (nSPS) is 17.4. The summed E-state index contributed by atoms with van der Waals surface area (Å²) in [6, 6.07) is 14.7. The molecule has 1 aromatic carbocycles. The maximum absolute atomic E-state index is 6.06. The van der Waals surface area contributed by atoms with Crippen LogP contribution in [0.25, 0.3) is 0 Å². The van der Waals surface area contributed by atoms with E-state index in [0.717, 1.165) is 37.3 Å². The second-order valence-electron chi connectivity index (χ2n) is 7.77. The molecule has 1 aliphatic heterocycles. The summed E-state index contributed by atoms with van der Waals surface area (Å²) in [7, 11) is 0. The predicted molar refractivity (Wildman–Crippen MR) is 109 cm³/mol. The SMILES string of the molecule is Cc1cccc(C(CCN2CCCCC2)(c2ccccn2)c2nnc(C)o2)c1. The van der Waals surface area contributed by atoms with Crippen molar-refractivity contribution in [2.75, 3.05) is 19.6 Å². The number of benzene rings is 1. The molecule has 4 rings (SSSR count). The number of aryl methyl sites for hydroxylation is 2. The molecule has 28 heavy (non-hydrogen) atoms. The lowest BCUT2D eigenvalue weighted by atomic mass is 9.73. The van der Waals surface area contributed by atoms with E-state index in [1.165, 1.54) is 24.8 Å². The minimum Gasteiger partial charge on any atom is -0.424 e. The van der Waals surface area contributed by atoms with E-state index in [2.05, 4.69) is 52.4 Å². The summed E-state index contributed by atoms with van der Waals surface area (Å²) >= 11 is 0. The summed E-state index contributed by atoms with van der Waals surface area (Å²) in [4.78, 5) is 7.32. The van der Waals surface area contributed by atoms with E-state index in [-0.39, 0.29) is 0 Å². The summed E-state index contributed by atoms with van der Waals surface area (Å²) in [6.45, 7) is 7.27. The molecule has 0 radical (unpaired) electrons. The molecule has 3 heterocycles. The van der Waals surface area contributed by atoms with E-state index in [1.54, 1.807) is 0 Å². The Morgan fingerprint density at radius 1 is 1.00 bits per heavy atom. The van der Waals surface area contributed by atoms with Crippen LogP contribution in [-0.4, -0.2) is 39.7 Å². The highest BCUT2D eigenvalue weighted by Gasteiger charge is 2.43. The fraction of sp³-hybridized carbons (Fsp3) is 0.435. The van der Waals surface area contributed by atoms with Gasteiger partial charge < -0.3 is 9.32 Å². The van der Waals surface area contributed by atoms with Gasteiger partial charge in [-0.1, -0.05) is 42.3 Å². The zero-order valence-corrected chi connectivity index (χ0v) is 16.8. The molecular formula is C23H28N4O. The number of pyridine rings is 1. The number of rotatable bonds is 6. The molecule has 2 aromatic heterocycles. The van der Waals surface area contributed by atoms with Gasteiger partial charge in [-0.05, 0) is 63.5 Å². The van der Waals surface area contributed by atoms with E-state index >= 15 is 0 Å². The smallest absolute Gasteiger partial charge is 0.233 e. The largest absolute Gasteiger partial charge is 0.424 e. The van der Waals surface area contributed by atoms with Crippen molar-refractivity contribution in [1.82, 2.24) is 20.1 Å². The summed E-state index contributed by atoms with van der Waals surface area (Å²) in [5.74, 6) is 1.22. The van der Waals surface area contributed by atoms with Gasteiger partial charge in [-0.15, -0.1) is 10.2 Å². The molecule has 0 N–H and O–H groups in total. The van der Waals surface area contributed by atoms with Gasteiger partial charge in [-0.25, -0.2) is 0 Å². The molecule has 1 unspecified atom stereocenters. The van der Waals surface area contributed by atoms with Crippen molar-refractivity contribution in [2.24, 2.45) is 0 Å². The van der Waals surface area contributed by atoms with Crippen molar-refractivity contribution >= 4 is 0 Å². The van der Waals surface area contributed by atoms with Gasteiger partial charge in [0.15, 0.2) is 0 Å². The van der Waals surface area contributed by atoms with E-state index < -0.39 is 5.41 Å². The molecular weight excluding hydrogens is 348 g/mol. The molecule has 146 valence electrons.